The van der Waals surface area contributed by atoms with E-state index in [0.717, 1.165) is 24.3 Å². The van der Waals surface area contributed by atoms with E-state index in [-0.39, 0.29) is 30.1 Å². The number of piperidine rings is 1. The number of anilines is 2. The molecule has 2 aromatic carbocycles. The molecule has 3 rings (SSSR count). The lowest BCUT2D eigenvalue weighted by atomic mass is 9.96. The number of nitrogens with one attached hydrogen (secondary N) is 2. The third kappa shape index (κ3) is 6.09. The summed E-state index contributed by atoms with van der Waals surface area (Å²) in [7, 11) is 0. The van der Waals surface area contributed by atoms with Gasteiger partial charge in [-0.2, -0.15) is 13.2 Å². The number of hydrogen-bond donors (Lipinski definition) is 2. The number of amides is 3. The second-order valence-electron chi connectivity index (χ2n) is 7.74. The number of carbonyl (C=O) groups excluding carboxylic acids is 3. The zero-order valence-electron chi connectivity index (χ0n) is 17.8. The van der Waals surface area contributed by atoms with Crippen molar-refractivity contribution in [3.05, 3.63) is 59.4 Å². The van der Waals surface area contributed by atoms with Crippen molar-refractivity contribution in [3.63, 3.8) is 0 Å². The molecule has 1 aliphatic rings. The molecule has 3 amide bonds. The Morgan fingerprint density at radius 2 is 1.76 bits per heavy atom. The van der Waals surface area contributed by atoms with Gasteiger partial charge >= 0.3 is 6.18 Å². The van der Waals surface area contributed by atoms with Crippen LogP contribution >= 0.6 is 0 Å². The quantitative estimate of drug-likeness (QED) is 0.630. The molecule has 1 heterocycles. The first kappa shape index (κ1) is 24.2. The van der Waals surface area contributed by atoms with E-state index in [0.29, 0.717) is 19.4 Å². The average molecular weight is 465 g/mol. The average Bonchev–Trinajstić information content (AvgIpc) is 2.79. The summed E-state index contributed by atoms with van der Waals surface area (Å²) in [6, 6.07) is 7.58. The van der Waals surface area contributed by atoms with Crippen LogP contribution in [0, 0.1) is 11.7 Å². The van der Waals surface area contributed by atoms with Gasteiger partial charge in [-0.25, -0.2) is 4.39 Å². The molecule has 2 N–H and O–H groups in total. The van der Waals surface area contributed by atoms with Crippen LogP contribution in [0.1, 0.15) is 42.1 Å². The Morgan fingerprint density at radius 3 is 2.39 bits per heavy atom. The van der Waals surface area contributed by atoms with E-state index in [1.807, 2.05) is 0 Å². The minimum Gasteiger partial charge on any atom is -0.342 e. The largest absolute Gasteiger partial charge is 0.418 e. The molecule has 0 spiro atoms. The summed E-state index contributed by atoms with van der Waals surface area (Å²) in [6.45, 7) is 2.39. The zero-order valence-corrected chi connectivity index (χ0v) is 17.8. The van der Waals surface area contributed by atoms with Gasteiger partial charge in [0.05, 0.1) is 17.2 Å². The molecule has 0 aliphatic carbocycles. The third-order valence-corrected chi connectivity index (χ3v) is 5.39. The monoisotopic (exact) mass is 465 g/mol. The van der Waals surface area contributed by atoms with Gasteiger partial charge < -0.3 is 15.5 Å². The van der Waals surface area contributed by atoms with Gasteiger partial charge in [0.15, 0.2) is 0 Å². The molecule has 0 radical (unpaired) electrons. The predicted octanol–water partition coefficient (Wildman–Crippen LogP) is 4.68. The summed E-state index contributed by atoms with van der Waals surface area (Å²) in [4.78, 5) is 38.4. The van der Waals surface area contributed by atoms with E-state index in [9.17, 15) is 31.9 Å². The van der Waals surface area contributed by atoms with Crippen LogP contribution in [0.15, 0.2) is 42.5 Å². The maximum atomic E-state index is 13.7. The van der Waals surface area contributed by atoms with Crippen LogP contribution in [0.5, 0.6) is 0 Å². The van der Waals surface area contributed by atoms with Crippen LogP contribution in [0.25, 0.3) is 0 Å². The van der Waals surface area contributed by atoms with E-state index >= 15 is 0 Å². The van der Waals surface area contributed by atoms with Crippen LogP contribution < -0.4 is 10.6 Å². The highest BCUT2D eigenvalue weighted by atomic mass is 19.4. The highest BCUT2D eigenvalue weighted by Gasteiger charge is 2.35. The minimum atomic E-state index is -4.80. The highest BCUT2D eigenvalue weighted by Crippen LogP contribution is 2.37. The summed E-state index contributed by atoms with van der Waals surface area (Å²) in [5, 5.41) is 4.67. The first-order valence-corrected chi connectivity index (χ1v) is 10.4. The summed E-state index contributed by atoms with van der Waals surface area (Å²) in [5.41, 5.74) is -1.62. The van der Waals surface area contributed by atoms with Gasteiger partial charge in [0, 0.05) is 30.8 Å². The van der Waals surface area contributed by atoms with Crippen LogP contribution in [-0.2, 0) is 15.8 Å². The van der Waals surface area contributed by atoms with Crippen molar-refractivity contribution in [2.45, 2.75) is 32.4 Å². The fourth-order valence-corrected chi connectivity index (χ4v) is 3.65. The normalized spacial score (nSPS) is 16.3. The summed E-state index contributed by atoms with van der Waals surface area (Å²) in [5.74, 6) is -2.58. The first-order valence-electron chi connectivity index (χ1n) is 10.4. The molecule has 176 valence electrons. The Kier molecular flexibility index (Phi) is 7.35. The molecule has 0 bridgehead atoms. The summed E-state index contributed by atoms with van der Waals surface area (Å²) >= 11 is 0. The van der Waals surface area contributed by atoms with Gasteiger partial charge in [0.25, 0.3) is 5.91 Å². The zero-order chi connectivity index (χ0) is 24.2. The summed E-state index contributed by atoms with van der Waals surface area (Å²) < 4.78 is 54.1. The molecule has 1 aliphatic heterocycles. The van der Waals surface area contributed by atoms with Gasteiger partial charge in [-0.05, 0) is 55.3 Å². The predicted molar refractivity (Wildman–Crippen MR) is 114 cm³/mol. The van der Waals surface area contributed by atoms with E-state index in [1.54, 1.807) is 11.8 Å². The molecule has 1 unspecified atom stereocenters. The van der Waals surface area contributed by atoms with Gasteiger partial charge in [0.2, 0.25) is 11.8 Å². The number of benzene rings is 2. The Bertz CT molecular complexity index is 1040. The molecule has 33 heavy (non-hydrogen) atoms. The maximum Gasteiger partial charge on any atom is 0.418 e. The molecule has 0 saturated carbocycles. The van der Waals surface area contributed by atoms with Gasteiger partial charge in [-0.1, -0.05) is 6.92 Å². The number of likely N-dealkylation sites (tertiary alicyclic amines) is 1. The molecule has 1 fully saturated rings. The molecule has 0 aromatic heterocycles. The van der Waals surface area contributed by atoms with Crippen molar-refractivity contribution in [1.82, 2.24) is 4.90 Å². The first-order chi connectivity index (χ1) is 15.6. The van der Waals surface area contributed by atoms with Crippen molar-refractivity contribution >= 4 is 29.1 Å². The van der Waals surface area contributed by atoms with E-state index in [2.05, 4.69) is 10.6 Å². The number of rotatable bonds is 5. The molecule has 6 nitrogen and oxygen atoms in total. The topological polar surface area (TPSA) is 78.5 Å². The van der Waals surface area contributed by atoms with Crippen molar-refractivity contribution in [1.29, 1.82) is 0 Å². The van der Waals surface area contributed by atoms with E-state index in [1.165, 1.54) is 18.2 Å². The molecule has 1 atom stereocenters. The molecule has 1 saturated heterocycles. The summed E-state index contributed by atoms with van der Waals surface area (Å²) in [6.07, 6.45) is -3.45. The van der Waals surface area contributed by atoms with Crippen LogP contribution in [0.3, 0.4) is 0 Å². The van der Waals surface area contributed by atoms with Crippen molar-refractivity contribution < 1.29 is 31.9 Å². The smallest absolute Gasteiger partial charge is 0.342 e. The second kappa shape index (κ2) is 10.0. The lowest BCUT2D eigenvalue weighted by Crippen LogP contribution is -2.43. The van der Waals surface area contributed by atoms with Crippen LogP contribution in [0.2, 0.25) is 0 Å². The second-order valence-corrected chi connectivity index (χ2v) is 7.74. The van der Waals surface area contributed by atoms with E-state index < -0.39 is 41.0 Å². The van der Waals surface area contributed by atoms with E-state index in [4.69, 9.17) is 0 Å². The Hall–Kier alpha value is -3.43. The fraction of sp³-hybridized carbons (Fsp3) is 0.348. The number of hydrogen-bond acceptors (Lipinski definition) is 3. The van der Waals surface area contributed by atoms with Crippen molar-refractivity contribution in [3.8, 4) is 0 Å². The van der Waals surface area contributed by atoms with Gasteiger partial charge in [-0.15, -0.1) is 0 Å². The minimum absolute atomic E-state index is 0.0748. The Balaban J connectivity index is 1.77. The maximum absolute atomic E-state index is 13.7. The van der Waals surface area contributed by atoms with Crippen molar-refractivity contribution in [2.24, 2.45) is 5.92 Å². The number of nitrogens with zero attached hydrogens (tertiary/aromatic N) is 1. The lowest BCUT2D eigenvalue weighted by Gasteiger charge is -2.32. The van der Waals surface area contributed by atoms with Gasteiger partial charge in [0.1, 0.15) is 5.82 Å². The van der Waals surface area contributed by atoms with Gasteiger partial charge in [-0.3, -0.25) is 14.4 Å². The lowest BCUT2D eigenvalue weighted by molar-refractivity contribution is -0.137. The number of carbonyl (C=O) groups is 3. The van der Waals surface area contributed by atoms with Crippen LogP contribution in [0.4, 0.5) is 28.9 Å². The number of alkyl halides is 3. The molecular weight excluding hydrogens is 442 g/mol. The molecule has 2 aromatic rings. The number of halogens is 4. The third-order valence-electron chi connectivity index (χ3n) is 5.39. The highest BCUT2D eigenvalue weighted by molar-refractivity contribution is 6.04. The standard InChI is InChI=1S/C23H23F4N3O3/c1-2-20(31)30-11-3-4-15(13-30)22(33)29-19-10-9-17(12-18(19)23(25,26)27)28-21(32)14-5-7-16(24)8-6-14/h5-10,12,15H,2-4,11,13H2,1H3,(H,28,32)(H,29,33). The molecule has 10 heteroatoms. The van der Waals surface area contributed by atoms with Crippen molar-refractivity contribution in [2.75, 3.05) is 23.7 Å². The Morgan fingerprint density at radius 1 is 1.06 bits per heavy atom. The SMILES string of the molecule is CCC(=O)N1CCCC(C(=O)Nc2ccc(NC(=O)c3ccc(F)cc3)cc2C(F)(F)F)C1. The van der Waals surface area contributed by atoms with Crippen LogP contribution in [-0.4, -0.2) is 35.7 Å². The Labute approximate surface area is 188 Å². The fourth-order valence-electron chi connectivity index (χ4n) is 3.65. The molecular formula is C23H23F4N3O3.